The highest BCUT2D eigenvalue weighted by Crippen LogP contribution is 2.15. The number of aliphatic imine (C=N–C) groups is 2. The van der Waals surface area contributed by atoms with Crippen LogP contribution in [-0.2, 0) is 0 Å². The summed E-state index contributed by atoms with van der Waals surface area (Å²) in [7, 11) is 0. The van der Waals surface area contributed by atoms with E-state index in [-0.39, 0.29) is 24.4 Å². The summed E-state index contributed by atoms with van der Waals surface area (Å²) in [6, 6.07) is 0. The first-order valence-corrected chi connectivity index (χ1v) is 4.37. The molecule has 0 radical (unpaired) electrons. The largest absolute Gasteiger partial charge is 0.388 e. The van der Waals surface area contributed by atoms with E-state index in [1.165, 1.54) is 0 Å². The van der Waals surface area contributed by atoms with E-state index in [0.717, 1.165) is 0 Å². The molecular formula is C8H19N5O. The first-order chi connectivity index (χ1) is 6.25. The third kappa shape index (κ3) is 4.66. The van der Waals surface area contributed by atoms with Crippen LogP contribution in [0.3, 0.4) is 0 Å². The van der Waals surface area contributed by atoms with Gasteiger partial charge in [0.25, 0.3) is 0 Å². The average molecular weight is 201 g/mol. The SMILES string of the molecule is CC(C)C(C)(O)CN=C(N)N=C(N)N. The number of aliphatic hydroxyl groups is 1. The van der Waals surface area contributed by atoms with Crippen molar-refractivity contribution in [3.05, 3.63) is 0 Å². The molecule has 6 heteroatoms. The van der Waals surface area contributed by atoms with Gasteiger partial charge in [-0.2, -0.15) is 4.99 Å². The van der Waals surface area contributed by atoms with Gasteiger partial charge in [0.05, 0.1) is 12.1 Å². The minimum absolute atomic E-state index is 0.0223. The molecule has 0 aliphatic carbocycles. The zero-order chi connectivity index (χ0) is 11.4. The summed E-state index contributed by atoms with van der Waals surface area (Å²) in [5, 5.41) is 9.80. The quantitative estimate of drug-likeness (QED) is 0.345. The third-order valence-corrected chi connectivity index (χ3v) is 2.05. The molecule has 0 amide bonds. The van der Waals surface area contributed by atoms with Crippen LogP contribution >= 0.6 is 0 Å². The molecule has 0 bridgehead atoms. The molecule has 0 aliphatic rings. The zero-order valence-corrected chi connectivity index (χ0v) is 8.86. The van der Waals surface area contributed by atoms with Crippen LogP contribution in [0.2, 0.25) is 0 Å². The molecule has 82 valence electrons. The molecule has 14 heavy (non-hydrogen) atoms. The molecule has 0 aromatic rings. The Labute approximate surface area is 83.9 Å². The van der Waals surface area contributed by atoms with Crippen LogP contribution in [0.15, 0.2) is 9.98 Å². The van der Waals surface area contributed by atoms with Crippen LogP contribution in [-0.4, -0.2) is 29.2 Å². The molecule has 0 aromatic heterocycles. The highest BCUT2D eigenvalue weighted by molar-refractivity contribution is 5.92. The highest BCUT2D eigenvalue weighted by atomic mass is 16.3. The summed E-state index contributed by atoms with van der Waals surface area (Å²) in [6.45, 7) is 5.65. The van der Waals surface area contributed by atoms with Crippen molar-refractivity contribution in [1.82, 2.24) is 0 Å². The Morgan fingerprint density at radius 2 is 1.86 bits per heavy atom. The standard InChI is InChI=1S/C8H19N5O/c1-5(2)8(3,14)4-12-7(11)13-6(9)10/h5,14H,4H2,1-3H3,(H6,9,10,11,12,13). The topological polar surface area (TPSA) is 123 Å². The fraction of sp³-hybridized carbons (Fsp3) is 0.750. The van der Waals surface area contributed by atoms with E-state index in [9.17, 15) is 5.11 Å². The normalized spacial score (nSPS) is 16.5. The van der Waals surface area contributed by atoms with Gasteiger partial charge in [-0.05, 0) is 12.8 Å². The number of nitrogens with zero attached hydrogens (tertiary/aromatic N) is 2. The molecule has 1 atom stereocenters. The summed E-state index contributed by atoms with van der Waals surface area (Å²) in [6.07, 6.45) is 0. The predicted molar refractivity (Wildman–Crippen MR) is 57.8 cm³/mol. The lowest BCUT2D eigenvalue weighted by molar-refractivity contribution is 0.0230. The lowest BCUT2D eigenvalue weighted by atomic mass is 9.93. The molecule has 0 heterocycles. The van der Waals surface area contributed by atoms with Gasteiger partial charge in [0.15, 0.2) is 5.96 Å². The first-order valence-electron chi connectivity index (χ1n) is 4.37. The smallest absolute Gasteiger partial charge is 0.218 e. The maximum atomic E-state index is 9.80. The van der Waals surface area contributed by atoms with Crippen molar-refractivity contribution in [3.63, 3.8) is 0 Å². The number of rotatable bonds is 3. The van der Waals surface area contributed by atoms with Crippen molar-refractivity contribution in [2.45, 2.75) is 26.4 Å². The van der Waals surface area contributed by atoms with Gasteiger partial charge in [-0.1, -0.05) is 13.8 Å². The Balaban J connectivity index is 4.36. The van der Waals surface area contributed by atoms with E-state index < -0.39 is 5.60 Å². The third-order valence-electron chi connectivity index (χ3n) is 2.05. The maximum absolute atomic E-state index is 9.80. The van der Waals surface area contributed by atoms with Crippen molar-refractivity contribution in [3.8, 4) is 0 Å². The Morgan fingerprint density at radius 1 is 1.36 bits per heavy atom. The van der Waals surface area contributed by atoms with Crippen LogP contribution in [0.1, 0.15) is 20.8 Å². The van der Waals surface area contributed by atoms with Gasteiger partial charge >= 0.3 is 0 Å². The Morgan fingerprint density at radius 3 is 2.21 bits per heavy atom. The maximum Gasteiger partial charge on any atom is 0.218 e. The van der Waals surface area contributed by atoms with Gasteiger partial charge in [-0.3, -0.25) is 0 Å². The number of hydrogen-bond acceptors (Lipinski definition) is 2. The molecular weight excluding hydrogens is 182 g/mol. The molecule has 0 saturated heterocycles. The van der Waals surface area contributed by atoms with Crippen LogP contribution < -0.4 is 17.2 Å². The highest BCUT2D eigenvalue weighted by Gasteiger charge is 2.24. The molecule has 0 fully saturated rings. The van der Waals surface area contributed by atoms with Crippen LogP contribution in [0, 0.1) is 5.92 Å². The van der Waals surface area contributed by atoms with Gasteiger partial charge in [-0.25, -0.2) is 4.99 Å². The number of guanidine groups is 2. The number of hydrogen-bond donors (Lipinski definition) is 4. The van der Waals surface area contributed by atoms with Crippen LogP contribution in [0.5, 0.6) is 0 Å². The van der Waals surface area contributed by atoms with Crippen LogP contribution in [0.4, 0.5) is 0 Å². The van der Waals surface area contributed by atoms with E-state index in [0.29, 0.717) is 0 Å². The second-order valence-electron chi connectivity index (χ2n) is 3.72. The summed E-state index contributed by atoms with van der Waals surface area (Å²) >= 11 is 0. The lowest BCUT2D eigenvalue weighted by Crippen LogP contribution is -2.35. The summed E-state index contributed by atoms with van der Waals surface area (Å²) in [5.74, 6) is -0.0837. The Hall–Kier alpha value is -1.30. The Bertz CT molecular complexity index is 240. The minimum Gasteiger partial charge on any atom is -0.388 e. The number of nitrogens with two attached hydrogens (primary N) is 3. The van der Waals surface area contributed by atoms with Gasteiger partial charge in [0, 0.05) is 0 Å². The van der Waals surface area contributed by atoms with Crippen molar-refractivity contribution < 1.29 is 5.11 Å². The second kappa shape index (κ2) is 4.80. The monoisotopic (exact) mass is 201 g/mol. The van der Waals surface area contributed by atoms with Crippen LogP contribution in [0.25, 0.3) is 0 Å². The fourth-order valence-corrected chi connectivity index (χ4v) is 0.591. The van der Waals surface area contributed by atoms with E-state index in [1.54, 1.807) is 6.92 Å². The summed E-state index contributed by atoms with van der Waals surface area (Å²) < 4.78 is 0. The summed E-state index contributed by atoms with van der Waals surface area (Å²) in [5.41, 5.74) is 14.7. The van der Waals surface area contributed by atoms with Crippen molar-refractivity contribution >= 4 is 11.9 Å². The van der Waals surface area contributed by atoms with Gasteiger partial charge < -0.3 is 22.3 Å². The first kappa shape index (κ1) is 12.7. The molecule has 0 saturated carbocycles. The molecule has 0 spiro atoms. The molecule has 0 rings (SSSR count). The minimum atomic E-state index is -0.899. The Kier molecular flexibility index (Phi) is 4.36. The van der Waals surface area contributed by atoms with E-state index in [2.05, 4.69) is 9.98 Å². The fourth-order valence-electron chi connectivity index (χ4n) is 0.591. The van der Waals surface area contributed by atoms with E-state index in [1.807, 2.05) is 13.8 Å². The van der Waals surface area contributed by atoms with Gasteiger partial charge in [0.1, 0.15) is 0 Å². The van der Waals surface area contributed by atoms with Crippen molar-refractivity contribution in [1.29, 1.82) is 0 Å². The predicted octanol–water partition coefficient (Wildman–Crippen LogP) is -1.02. The van der Waals surface area contributed by atoms with E-state index >= 15 is 0 Å². The average Bonchev–Trinajstić information content (AvgIpc) is 1.99. The second-order valence-corrected chi connectivity index (χ2v) is 3.72. The van der Waals surface area contributed by atoms with E-state index in [4.69, 9.17) is 17.2 Å². The zero-order valence-electron chi connectivity index (χ0n) is 8.86. The lowest BCUT2D eigenvalue weighted by Gasteiger charge is -2.25. The molecule has 1 unspecified atom stereocenters. The molecule has 6 nitrogen and oxygen atoms in total. The summed E-state index contributed by atoms with van der Waals surface area (Å²) in [4.78, 5) is 7.38. The van der Waals surface area contributed by atoms with Gasteiger partial charge in [-0.15, -0.1) is 0 Å². The molecule has 0 aliphatic heterocycles. The van der Waals surface area contributed by atoms with Crippen molar-refractivity contribution in [2.75, 3.05) is 6.54 Å². The molecule has 0 aromatic carbocycles. The van der Waals surface area contributed by atoms with Crippen molar-refractivity contribution in [2.24, 2.45) is 33.1 Å². The van der Waals surface area contributed by atoms with Gasteiger partial charge in [0.2, 0.25) is 5.96 Å². The molecule has 7 N–H and O–H groups in total.